The van der Waals surface area contributed by atoms with Gasteiger partial charge in [0, 0.05) is 24.0 Å². The lowest BCUT2D eigenvalue weighted by atomic mass is 10.1. The van der Waals surface area contributed by atoms with Gasteiger partial charge in [-0.3, -0.25) is 9.78 Å². The van der Waals surface area contributed by atoms with E-state index in [2.05, 4.69) is 15.3 Å². The molecule has 0 unspecified atom stereocenters. The smallest absolute Gasteiger partial charge is 0.249 e. The first-order valence-corrected chi connectivity index (χ1v) is 8.10. The highest BCUT2D eigenvalue weighted by atomic mass is 32.1. The van der Waals surface area contributed by atoms with Gasteiger partial charge in [-0.05, 0) is 54.5 Å². The molecule has 0 aliphatic heterocycles. The van der Waals surface area contributed by atoms with Gasteiger partial charge in [-0.15, -0.1) is 11.3 Å². The summed E-state index contributed by atoms with van der Waals surface area (Å²) >= 11 is 1.32. The van der Waals surface area contributed by atoms with Crippen molar-refractivity contribution in [1.82, 2.24) is 9.97 Å². The molecule has 0 saturated carbocycles. The Morgan fingerprint density at radius 2 is 2.04 bits per heavy atom. The lowest BCUT2D eigenvalue weighted by Crippen LogP contribution is -2.07. The van der Waals surface area contributed by atoms with Crippen molar-refractivity contribution in [2.45, 2.75) is 6.92 Å². The minimum Gasteiger partial charge on any atom is -0.312 e. The summed E-state index contributed by atoms with van der Waals surface area (Å²) in [6.45, 7) is 1.94. The predicted molar refractivity (Wildman–Crippen MR) is 94.1 cm³/mol. The lowest BCUT2D eigenvalue weighted by molar-refractivity contribution is -0.111. The third-order valence-corrected chi connectivity index (χ3v) is 3.99. The lowest BCUT2D eigenvalue weighted by Gasteiger charge is -2.03. The van der Waals surface area contributed by atoms with Crippen molar-refractivity contribution in [2.24, 2.45) is 0 Å². The van der Waals surface area contributed by atoms with Gasteiger partial charge in [-0.2, -0.15) is 0 Å². The molecule has 120 valence electrons. The Kier molecular flexibility index (Phi) is 4.77. The fourth-order valence-electron chi connectivity index (χ4n) is 2.14. The van der Waals surface area contributed by atoms with E-state index in [1.807, 2.05) is 13.0 Å². The van der Waals surface area contributed by atoms with Crippen LogP contribution in [0.5, 0.6) is 0 Å². The second-order valence-corrected chi connectivity index (χ2v) is 6.01. The van der Waals surface area contributed by atoms with Crippen LogP contribution in [-0.2, 0) is 4.79 Å². The minimum absolute atomic E-state index is 0.260. The molecule has 2 aromatic heterocycles. The molecule has 0 radical (unpaired) electrons. The number of hydrogen-bond donors (Lipinski definition) is 1. The van der Waals surface area contributed by atoms with Crippen LogP contribution in [0.3, 0.4) is 0 Å². The maximum Gasteiger partial charge on any atom is 0.249 e. The molecular weight excluding hydrogens is 325 g/mol. The van der Waals surface area contributed by atoms with Gasteiger partial charge in [0.25, 0.3) is 0 Å². The average molecular weight is 339 g/mol. The van der Waals surface area contributed by atoms with Crippen molar-refractivity contribution in [3.05, 3.63) is 71.3 Å². The average Bonchev–Trinajstić information content (AvgIpc) is 3.02. The number of anilines is 1. The molecule has 0 aliphatic rings. The van der Waals surface area contributed by atoms with Crippen molar-refractivity contribution in [2.75, 3.05) is 5.32 Å². The molecule has 1 aromatic carbocycles. The molecule has 1 amide bonds. The van der Waals surface area contributed by atoms with Crippen LogP contribution in [0.1, 0.15) is 11.1 Å². The first kappa shape index (κ1) is 16.0. The zero-order valence-corrected chi connectivity index (χ0v) is 13.7. The van der Waals surface area contributed by atoms with Gasteiger partial charge in [-0.1, -0.05) is 0 Å². The number of aromatic nitrogens is 2. The summed E-state index contributed by atoms with van der Waals surface area (Å²) in [5.74, 6) is -0.571. The Labute approximate surface area is 142 Å². The molecule has 6 heteroatoms. The molecule has 3 aromatic rings. The summed E-state index contributed by atoms with van der Waals surface area (Å²) in [6.07, 6.45) is 6.59. The van der Waals surface area contributed by atoms with E-state index in [0.717, 1.165) is 16.7 Å². The van der Waals surface area contributed by atoms with Gasteiger partial charge in [-0.25, -0.2) is 9.37 Å². The van der Waals surface area contributed by atoms with Crippen LogP contribution >= 0.6 is 11.3 Å². The fourth-order valence-corrected chi connectivity index (χ4v) is 2.85. The highest BCUT2D eigenvalue weighted by Crippen LogP contribution is 2.30. The minimum atomic E-state index is -0.311. The zero-order valence-electron chi connectivity index (χ0n) is 12.9. The second-order valence-electron chi connectivity index (χ2n) is 5.16. The van der Waals surface area contributed by atoms with Crippen molar-refractivity contribution in [1.29, 1.82) is 0 Å². The second kappa shape index (κ2) is 7.14. The Morgan fingerprint density at radius 3 is 2.79 bits per heavy atom. The number of thiazole rings is 1. The number of aryl methyl sites for hydroxylation is 1. The van der Waals surface area contributed by atoms with Gasteiger partial charge in [0.1, 0.15) is 16.5 Å². The number of rotatable bonds is 4. The molecule has 2 heterocycles. The number of nitrogens with one attached hydrogen (secondary N) is 1. The molecule has 1 N–H and O–H groups in total. The highest BCUT2D eigenvalue weighted by molar-refractivity contribution is 7.14. The molecule has 0 saturated heterocycles. The maximum atomic E-state index is 13.0. The number of amides is 1. The predicted octanol–water partition coefficient (Wildman–Crippen LogP) is 4.30. The largest absolute Gasteiger partial charge is 0.312 e. The molecule has 3 rings (SSSR count). The van der Waals surface area contributed by atoms with Crippen LogP contribution in [0.4, 0.5) is 9.39 Å². The number of nitrogens with zero attached hydrogens (tertiary/aromatic N) is 2. The molecule has 0 spiro atoms. The normalized spacial score (nSPS) is 10.9. The maximum absolute atomic E-state index is 13.0. The SMILES string of the molecule is Cc1cncc(/C=C/C(=O)Nc2scnc2-c2ccc(F)cc2)c1. The monoisotopic (exact) mass is 339 g/mol. The Hall–Kier alpha value is -2.86. The van der Waals surface area contributed by atoms with Gasteiger partial charge in [0.15, 0.2) is 0 Å². The van der Waals surface area contributed by atoms with E-state index >= 15 is 0 Å². The van der Waals surface area contributed by atoms with Crippen molar-refractivity contribution < 1.29 is 9.18 Å². The van der Waals surface area contributed by atoms with E-state index in [1.165, 1.54) is 29.5 Å². The van der Waals surface area contributed by atoms with Gasteiger partial charge >= 0.3 is 0 Å². The number of carbonyl (C=O) groups excluding carboxylic acids is 1. The number of benzene rings is 1. The summed E-state index contributed by atoms with van der Waals surface area (Å²) in [6, 6.07) is 7.94. The topological polar surface area (TPSA) is 54.9 Å². The third kappa shape index (κ3) is 3.91. The molecule has 24 heavy (non-hydrogen) atoms. The number of hydrogen-bond acceptors (Lipinski definition) is 4. The summed E-state index contributed by atoms with van der Waals surface area (Å²) in [5, 5.41) is 3.43. The van der Waals surface area contributed by atoms with Crippen molar-refractivity contribution in [3.8, 4) is 11.3 Å². The number of halogens is 1. The molecule has 0 atom stereocenters. The fraction of sp³-hybridized carbons (Fsp3) is 0.0556. The van der Waals surface area contributed by atoms with E-state index in [1.54, 1.807) is 36.1 Å². The van der Waals surface area contributed by atoms with Gasteiger partial charge in [0.05, 0.1) is 5.51 Å². The van der Waals surface area contributed by atoms with E-state index < -0.39 is 0 Å². The number of pyridine rings is 1. The van der Waals surface area contributed by atoms with E-state index in [4.69, 9.17) is 0 Å². The molecule has 0 aliphatic carbocycles. The van der Waals surface area contributed by atoms with Crippen LogP contribution in [0.2, 0.25) is 0 Å². The molecule has 0 bridgehead atoms. The standard InChI is InChI=1S/C18H14FN3OS/c1-12-8-13(10-20-9-12)2-7-16(23)22-18-17(21-11-24-18)14-3-5-15(19)6-4-14/h2-11H,1H3,(H,22,23)/b7-2+. The highest BCUT2D eigenvalue weighted by Gasteiger charge is 2.10. The summed E-state index contributed by atoms with van der Waals surface area (Å²) in [4.78, 5) is 20.4. The molecule has 0 fully saturated rings. The van der Waals surface area contributed by atoms with Crippen molar-refractivity contribution in [3.63, 3.8) is 0 Å². The summed E-state index contributed by atoms with van der Waals surface area (Å²) in [7, 11) is 0. The first-order chi connectivity index (χ1) is 11.6. The quantitative estimate of drug-likeness (QED) is 0.721. The van der Waals surface area contributed by atoms with Crippen LogP contribution in [-0.4, -0.2) is 15.9 Å². The molecule has 4 nitrogen and oxygen atoms in total. The Morgan fingerprint density at radius 1 is 1.25 bits per heavy atom. The third-order valence-electron chi connectivity index (χ3n) is 3.25. The Balaban J connectivity index is 1.74. The van der Waals surface area contributed by atoms with E-state index in [-0.39, 0.29) is 11.7 Å². The van der Waals surface area contributed by atoms with Gasteiger partial charge < -0.3 is 5.32 Å². The summed E-state index contributed by atoms with van der Waals surface area (Å²) in [5.41, 5.74) is 4.90. The van der Waals surface area contributed by atoms with E-state index in [0.29, 0.717) is 10.7 Å². The first-order valence-electron chi connectivity index (χ1n) is 7.22. The van der Waals surface area contributed by atoms with Crippen LogP contribution in [0, 0.1) is 12.7 Å². The van der Waals surface area contributed by atoms with Crippen molar-refractivity contribution >= 4 is 28.3 Å². The van der Waals surface area contributed by atoms with Gasteiger partial charge in [0.2, 0.25) is 5.91 Å². The molecular formula is C18H14FN3OS. The zero-order chi connectivity index (χ0) is 16.9. The van der Waals surface area contributed by atoms with Crippen LogP contribution < -0.4 is 5.32 Å². The Bertz CT molecular complexity index is 887. The van der Waals surface area contributed by atoms with Crippen LogP contribution in [0.15, 0.2) is 54.3 Å². The van der Waals surface area contributed by atoms with E-state index in [9.17, 15) is 9.18 Å². The number of carbonyl (C=O) groups is 1. The summed E-state index contributed by atoms with van der Waals surface area (Å²) < 4.78 is 13.0. The van der Waals surface area contributed by atoms with Crippen LogP contribution in [0.25, 0.3) is 17.3 Å².